The number of rotatable bonds is 4. The fourth-order valence-electron chi connectivity index (χ4n) is 3.67. The van der Waals surface area contributed by atoms with Crippen molar-refractivity contribution >= 4 is 46.4 Å². The molecule has 2 aromatic rings. The van der Waals surface area contributed by atoms with Crippen molar-refractivity contribution in [3.63, 3.8) is 0 Å². The second-order valence-corrected chi connectivity index (χ2v) is 8.48. The highest BCUT2D eigenvalue weighted by Crippen LogP contribution is 2.51. The normalized spacial score (nSPS) is 20.1. The third-order valence-corrected chi connectivity index (χ3v) is 6.28. The van der Waals surface area contributed by atoms with Crippen LogP contribution in [-0.4, -0.2) is 25.2 Å². The van der Waals surface area contributed by atoms with Crippen LogP contribution in [0.5, 0.6) is 0 Å². The van der Waals surface area contributed by atoms with Crippen LogP contribution >= 0.6 is 34.8 Å². The summed E-state index contributed by atoms with van der Waals surface area (Å²) < 4.78 is 71.0. The Kier molecular flexibility index (Phi) is 6.65. The first-order chi connectivity index (χ1) is 14.4. The molecule has 2 atom stereocenters. The predicted octanol–water partition coefficient (Wildman–Crippen LogP) is 6.36. The smallest absolute Gasteiger partial charge is 0.370 e. The van der Waals surface area contributed by atoms with E-state index in [1.807, 2.05) is 0 Å². The first-order valence-electron chi connectivity index (χ1n) is 9.03. The monoisotopic (exact) mass is 500 g/mol. The lowest BCUT2D eigenvalue weighted by Crippen LogP contribution is -2.45. The summed E-state index contributed by atoms with van der Waals surface area (Å²) in [5, 5.41) is 0.740. The fraction of sp³-hybridized carbons (Fsp3) is 0.350. The van der Waals surface area contributed by atoms with E-state index in [9.17, 15) is 26.7 Å². The summed E-state index contributed by atoms with van der Waals surface area (Å²) in [5.41, 5.74) is -3.22. The van der Waals surface area contributed by atoms with Crippen molar-refractivity contribution in [1.82, 2.24) is 5.32 Å². The van der Waals surface area contributed by atoms with E-state index < -0.39 is 57.3 Å². The summed E-state index contributed by atoms with van der Waals surface area (Å²) in [7, 11) is 0. The highest BCUT2D eigenvalue weighted by Gasteiger charge is 2.60. The summed E-state index contributed by atoms with van der Waals surface area (Å²) in [4.78, 5) is 12.6. The molecule has 3 rings (SSSR count). The molecule has 1 fully saturated rings. The van der Waals surface area contributed by atoms with E-state index in [1.54, 1.807) is 24.3 Å². The summed E-state index contributed by atoms with van der Waals surface area (Å²) in [6.45, 7) is 0.653. The van der Waals surface area contributed by atoms with Crippen LogP contribution in [0, 0.1) is 11.6 Å². The van der Waals surface area contributed by atoms with Crippen LogP contribution in [-0.2, 0) is 10.2 Å². The molecule has 168 valence electrons. The lowest BCUT2D eigenvalue weighted by atomic mass is 9.78. The van der Waals surface area contributed by atoms with Crippen LogP contribution in [0.3, 0.4) is 0 Å². The molecule has 0 saturated carbocycles. The molecule has 31 heavy (non-hydrogen) atoms. The average Bonchev–Trinajstić information content (AvgIpc) is 3.15. The Balaban J connectivity index is 1.95. The minimum atomic E-state index is -4.85. The van der Waals surface area contributed by atoms with Crippen molar-refractivity contribution in [2.24, 2.45) is 0 Å². The Labute approximate surface area is 190 Å². The van der Waals surface area contributed by atoms with Gasteiger partial charge in [0.15, 0.2) is 5.82 Å². The zero-order valence-corrected chi connectivity index (χ0v) is 18.2. The minimum Gasteiger partial charge on any atom is -0.370 e. The van der Waals surface area contributed by atoms with Gasteiger partial charge in [0.1, 0.15) is 21.8 Å². The summed E-state index contributed by atoms with van der Waals surface area (Å²) in [5.74, 6) is -3.11. The predicted molar refractivity (Wildman–Crippen MR) is 110 cm³/mol. The highest BCUT2D eigenvalue weighted by molar-refractivity contribution is 6.35. The van der Waals surface area contributed by atoms with Crippen molar-refractivity contribution in [3.05, 3.63) is 63.1 Å². The Morgan fingerprint density at radius 3 is 2.32 bits per heavy atom. The maximum absolute atomic E-state index is 14.6. The van der Waals surface area contributed by atoms with Gasteiger partial charge in [0.2, 0.25) is 5.91 Å². The molecule has 2 unspecified atom stereocenters. The SMILES string of the molecule is CC(=O)NC(Cl)c1ccc(N2CCC(c3cc(Cl)c(F)c(Cl)c3F)(C(F)(F)F)C2)cc1. The first kappa shape index (κ1) is 23.9. The first-order valence-corrected chi connectivity index (χ1v) is 10.2. The van der Waals surface area contributed by atoms with E-state index in [1.165, 1.54) is 11.8 Å². The van der Waals surface area contributed by atoms with Gasteiger partial charge in [-0.25, -0.2) is 8.78 Å². The topological polar surface area (TPSA) is 32.3 Å². The molecule has 1 aliphatic heterocycles. The van der Waals surface area contributed by atoms with E-state index in [0.717, 1.165) is 0 Å². The van der Waals surface area contributed by atoms with E-state index in [2.05, 4.69) is 5.32 Å². The minimum absolute atomic E-state index is 0.0408. The number of benzene rings is 2. The molecular weight excluding hydrogens is 486 g/mol. The van der Waals surface area contributed by atoms with Gasteiger partial charge in [0, 0.05) is 31.3 Å². The van der Waals surface area contributed by atoms with Crippen LogP contribution < -0.4 is 10.2 Å². The maximum Gasteiger partial charge on any atom is 0.400 e. The highest BCUT2D eigenvalue weighted by atomic mass is 35.5. The molecule has 11 heteroatoms. The van der Waals surface area contributed by atoms with Gasteiger partial charge in [-0.05, 0) is 30.2 Å². The lowest BCUT2D eigenvalue weighted by Gasteiger charge is -2.33. The van der Waals surface area contributed by atoms with Crippen molar-refractivity contribution < 1.29 is 26.7 Å². The average molecular weight is 502 g/mol. The second kappa shape index (κ2) is 8.64. The molecule has 0 aromatic heterocycles. The largest absolute Gasteiger partial charge is 0.400 e. The number of nitrogens with zero attached hydrogens (tertiary/aromatic N) is 1. The van der Waals surface area contributed by atoms with Gasteiger partial charge < -0.3 is 10.2 Å². The number of hydrogen-bond donors (Lipinski definition) is 1. The van der Waals surface area contributed by atoms with Crippen LogP contribution in [0.2, 0.25) is 10.0 Å². The van der Waals surface area contributed by atoms with Crippen molar-refractivity contribution in [3.8, 4) is 0 Å². The molecule has 2 aromatic carbocycles. The number of carbonyl (C=O) groups excluding carboxylic acids is 1. The number of carbonyl (C=O) groups is 1. The van der Waals surface area contributed by atoms with Gasteiger partial charge in [0.25, 0.3) is 0 Å². The molecule has 1 heterocycles. The quantitative estimate of drug-likeness (QED) is 0.174. The molecule has 1 saturated heterocycles. The Morgan fingerprint density at radius 2 is 1.77 bits per heavy atom. The third-order valence-electron chi connectivity index (χ3n) is 5.31. The van der Waals surface area contributed by atoms with Gasteiger partial charge >= 0.3 is 6.18 Å². The number of halogens is 8. The van der Waals surface area contributed by atoms with E-state index in [-0.39, 0.29) is 12.5 Å². The van der Waals surface area contributed by atoms with Crippen LogP contribution in [0.15, 0.2) is 30.3 Å². The Bertz CT molecular complexity index is 1000. The van der Waals surface area contributed by atoms with Gasteiger partial charge in [-0.1, -0.05) is 46.9 Å². The summed E-state index contributed by atoms with van der Waals surface area (Å²) >= 11 is 17.3. The van der Waals surface area contributed by atoms with Gasteiger partial charge in [-0.2, -0.15) is 13.2 Å². The van der Waals surface area contributed by atoms with Gasteiger partial charge in [-0.3, -0.25) is 4.79 Å². The van der Waals surface area contributed by atoms with Crippen molar-refractivity contribution in [2.75, 3.05) is 18.0 Å². The second-order valence-electron chi connectivity index (χ2n) is 7.25. The van der Waals surface area contributed by atoms with Gasteiger partial charge in [0.05, 0.1) is 5.02 Å². The molecule has 1 amide bonds. The zero-order valence-electron chi connectivity index (χ0n) is 16.0. The molecule has 0 bridgehead atoms. The third kappa shape index (κ3) is 4.43. The van der Waals surface area contributed by atoms with Crippen LogP contribution in [0.25, 0.3) is 0 Å². The number of anilines is 1. The maximum atomic E-state index is 14.6. The Hall–Kier alpha value is -1.77. The standard InChI is InChI=1S/C20H16Cl3F5N2O/c1-10(31)29-18(23)11-2-4-12(5-3-11)30-7-6-19(9-30,20(26,27)28)13-8-14(21)17(25)15(22)16(13)24/h2-5,8,18H,6-7,9H2,1H3,(H,29,31). The number of amides is 1. The Morgan fingerprint density at radius 1 is 1.16 bits per heavy atom. The van der Waals surface area contributed by atoms with E-state index >= 15 is 0 Å². The molecule has 3 nitrogen and oxygen atoms in total. The lowest BCUT2D eigenvalue weighted by molar-refractivity contribution is -0.185. The molecular formula is C20H16Cl3F5N2O. The van der Waals surface area contributed by atoms with Crippen LogP contribution in [0.1, 0.15) is 30.0 Å². The molecule has 0 aliphatic carbocycles. The van der Waals surface area contributed by atoms with Crippen molar-refractivity contribution in [1.29, 1.82) is 0 Å². The molecule has 0 radical (unpaired) electrons. The van der Waals surface area contributed by atoms with E-state index in [4.69, 9.17) is 34.8 Å². The molecule has 1 aliphatic rings. The number of hydrogen-bond acceptors (Lipinski definition) is 2. The molecule has 0 spiro atoms. The van der Waals surface area contributed by atoms with Gasteiger partial charge in [-0.15, -0.1) is 0 Å². The van der Waals surface area contributed by atoms with Crippen LogP contribution in [0.4, 0.5) is 27.6 Å². The number of nitrogens with one attached hydrogen (secondary N) is 1. The van der Waals surface area contributed by atoms with E-state index in [0.29, 0.717) is 17.3 Å². The zero-order chi connectivity index (χ0) is 23.1. The summed E-state index contributed by atoms with van der Waals surface area (Å²) in [6.07, 6.45) is -5.32. The summed E-state index contributed by atoms with van der Waals surface area (Å²) in [6, 6.07) is 6.91. The molecule has 1 N–H and O–H groups in total. The fourth-order valence-corrected chi connectivity index (χ4v) is 4.43. The van der Waals surface area contributed by atoms with Crippen molar-refractivity contribution in [2.45, 2.75) is 30.4 Å². The number of alkyl halides is 4.